The number of furan rings is 2. The summed E-state index contributed by atoms with van der Waals surface area (Å²) in [5, 5.41) is 6.00. The third-order valence-electron chi connectivity index (χ3n) is 8.32. The van der Waals surface area contributed by atoms with Crippen LogP contribution in [0.2, 0.25) is 13.1 Å². The number of thioether (sulfide) groups is 2. The summed E-state index contributed by atoms with van der Waals surface area (Å²) in [4.78, 5) is 6.64. The Morgan fingerprint density at radius 2 is 1.57 bits per heavy atom. The van der Waals surface area contributed by atoms with E-state index in [9.17, 15) is 0 Å². The molecule has 3 aliphatic rings. The molecular weight excluding hydrogens is 900 g/mol. The van der Waals surface area contributed by atoms with E-state index in [4.69, 9.17) is 8.83 Å². The van der Waals surface area contributed by atoms with Crippen LogP contribution in [-0.4, -0.2) is 18.6 Å². The molecule has 12 heteroatoms. The van der Waals surface area contributed by atoms with Gasteiger partial charge in [0.2, 0.25) is 0 Å². The number of benzene rings is 1. The van der Waals surface area contributed by atoms with Crippen LogP contribution in [0.5, 0.6) is 0 Å². The van der Waals surface area contributed by atoms with Gasteiger partial charge in [-0.15, -0.1) is 57.5 Å². The molecule has 2 atom stereocenters. The van der Waals surface area contributed by atoms with Gasteiger partial charge in [-0.2, -0.15) is 0 Å². The van der Waals surface area contributed by atoms with E-state index in [0.29, 0.717) is 10.5 Å². The molecule has 0 N–H and O–H groups in total. The summed E-state index contributed by atoms with van der Waals surface area (Å²) in [5.41, 5.74) is 2.77. The summed E-state index contributed by atoms with van der Waals surface area (Å²) in [6.45, 7) is 9.27. The highest BCUT2D eigenvalue weighted by Crippen LogP contribution is 2.60. The van der Waals surface area contributed by atoms with Crippen LogP contribution in [0.1, 0.15) is 27.3 Å². The van der Waals surface area contributed by atoms with Crippen LogP contribution < -0.4 is 5.19 Å². The molecule has 2 nitrogen and oxygen atoms in total. The van der Waals surface area contributed by atoms with Crippen molar-refractivity contribution < 1.29 is 8.83 Å². The van der Waals surface area contributed by atoms with Crippen LogP contribution in [0, 0.1) is 6.92 Å². The molecule has 3 aliphatic heterocycles. The maximum atomic E-state index is 6.71. The largest absolute Gasteiger partial charge is 0.456 e. The average Bonchev–Trinajstić information content (AvgIpc) is 3.78. The Labute approximate surface area is 296 Å². The number of rotatable bonds is 2. The molecule has 42 heavy (non-hydrogen) atoms. The molecule has 8 heterocycles. The smallest absolute Gasteiger partial charge is 0.161 e. The molecule has 0 bridgehead atoms. The van der Waals surface area contributed by atoms with E-state index in [0.717, 1.165) is 36.9 Å². The molecule has 212 valence electrons. The van der Waals surface area contributed by atoms with E-state index in [1.54, 1.807) is 0 Å². The van der Waals surface area contributed by atoms with E-state index in [1.807, 2.05) is 57.5 Å². The van der Waals surface area contributed by atoms with Gasteiger partial charge in [-0.3, -0.25) is 0 Å². The number of hydrogen-bond acceptors (Lipinski definition) is 7. The van der Waals surface area contributed by atoms with Crippen molar-refractivity contribution in [2.45, 2.75) is 37.4 Å². The van der Waals surface area contributed by atoms with Gasteiger partial charge >= 0.3 is 0 Å². The SMILES string of the molecule is CC1=CC2SC(c3sc4c(oc5cc6c7c(oc6cc54)C(Br)=C(c4sc5cc(C)sc5c4Br)[Si]7(C)C)c3Br)=C(Br)C2S1. The van der Waals surface area contributed by atoms with Gasteiger partial charge in [0.1, 0.15) is 25.0 Å². The Hall–Kier alpha value is -0.0231. The summed E-state index contributed by atoms with van der Waals surface area (Å²) in [6.07, 6.45) is 2.39. The van der Waals surface area contributed by atoms with Crippen molar-refractivity contribution in [1.29, 1.82) is 0 Å². The number of hydrogen-bond donors (Lipinski definition) is 0. The lowest BCUT2D eigenvalue weighted by Crippen LogP contribution is -2.40. The Morgan fingerprint density at radius 3 is 2.33 bits per heavy atom. The van der Waals surface area contributed by atoms with Crippen molar-refractivity contribution in [3.05, 3.63) is 63.0 Å². The third-order valence-corrected chi connectivity index (χ3v) is 23.4. The second-order valence-electron chi connectivity index (χ2n) is 11.3. The number of allylic oxidation sites excluding steroid dienone is 1. The van der Waals surface area contributed by atoms with E-state index in [-0.39, 0.29) is 0 Å². The predicted octanol–water partition coefficient (Wildman–Crippen LogP) is 13.4. The van der Waals surface area contributed by atoms with Crippen LogP contribution in [0.15, 0.2) is 51.4 Å². The van der Waals surface area contributed by atoms with Gasteiger partial charge in [0.25, 0.3) is 0 Å². The Morgan fingerprint density at radius 1 is 0.810 bits per heavy atom. The molecule has 0 fully saturated rings. The first-order valence-electron chi connectivity index (χ1n) is 13.2. The van der Waals surface area contributed by atoms with Crippen molar-refractivity contribution in [2.24, 2.45) is 0 Å². The van der Waals surface area contributed by atoms with Crippen LogP contribution in [0.3, 0.4) is 0 Å². The van der Waals surface area contributed by atoms with Gasteiger partial charge in [-0.05, 0) is 95.1 Å². The van der Waals surface area contributed by atoms with E-state index < -0.39 is 8.07 Å². The topological polar surface area (TPSA) is 26.3 Å². The highest BCUT2D eigenvalue weighted by Gasteiger charge is 2.46. The molecular formula is C30H18Br4O2S5Si. The number of fused-ring (bicyclic) bond motifs is 8. The molecule has 0 aliphatic carbocycles. The maximum Gasteiger partial charge on any atom is 0.161 e. The number of thiophene rings is 3. The maximum absolute atomic E-state index is 6.71. The third kappa shape index (κ3) is 3.71. The highest BCUT2D eigenvalue weighted by atomic mass is 79.9. The van der Waals surface area contributed by atoms with Gasteiger partial charge in [0, 0.05) is 39.9 Å². The first-order chi connectivity index (χ1) is 20.0. The van der Waals surface area contributed by atoms with Crippen LogP contribution in [0.25, 0.3) is 56.2 Å². The first kappa shape index (κ1) is 28.2. The molecule has 0 saturated carbocycles. The lowest BCUT2D eigenvalue weighted by molar-refractivity contribution is 0.607. The van der Waals surface area contributed by atoms with Crippen molar-refractivity contribution in [1.82, 2.24) is 0 Å². The molecule has 9 rings (SSSR count). The second-order valence-corrected chi connectivity index (χ2v) is 24.7. The fourth-order valence-electron chi connectivity index (χ4n) is 6.52. The molecule has 2 unspecified atom stereocenters. The first-order valence-corrected chi connectivity index (χ1v) is 23.5. The molecule has 0 amide bonds. The lowest BCUT2D eigenvalue weighted by atomic mass is 10.2. The quantitative estimate of drug-likeness (QED) is 0.162. The van der Waals surface area contributed by atoms with E-state index in [2.05, 4.69) is 115 Å². The standard InChI is InChI=1S/C30H18Br4O2S5Si/c1-9-5-15-24(37-9)19(33)27(39-15)26-17(31)21-23(41-26)11-7-14-12(8-13(11)35-21)29-22(36-14)18(32)30(42(29,3)4)28-20(34)25-16(40-28)6-10(2)38-25/h5-8,15,24H,1-4H3. The number of aryl methyl sites for hydroxylation is 1. The fraction of sp³-hybridized carbons (Fsp3) is 0.200. The Kier molecular flexibility index (Phi) is 6.39. The van der Waals surface area contributed by atoms with Gasteiger partial charge in [0.05, 0.1) is 33.0 Å². The van der Waals surface area contributed by atoms with Crippen molar-refractivity contribution in [3.8, 4) is 0 Å². The highest BCUT2D eigenvalue weighted by molar-refractivity contribution is 9.15. The fourth-order valence-corrected chi connectivity index (χ4v) is 22.9. The van der Waals surface area contributed by atoms with Crippen LogP contribution >= 0.6 is 121 Å². The van der Waals surface area contributed by atoms with Crippen LogP contribution in [0.4, 0.5) is 0 Å². The van der Waals surface area contributed by atoms with Crippen molar-refractivity contribution in [2.75, 3.05) is 0 Å². The molecule has 5 aromatic heterocycles. The second kappa shape index (κ2) is 9.51. The minimum atomic E-state index is -2.10. The van der Waals surface area contributed by atoms with Gasteiger partial charge < -0.3 is 8.83 Å². The number of halogens is 4. The summed E-state index contributed by atoms with van der Waals surface area (Å²) >= 11 is 25.3. The zero-order valence-corrected chi connectivity index (χ0v) is 33.8. The minimum absolute atomic E-state index is 0.464. The molecule has 0 saturated heterocycles. The normalized spacial score (nSPS) is 21.8. The van der Waals surface area contributed by atoms with Gasteiger partial charge in [-0.25, -0.2) is 0 Å². The van der Waals surface area contributed by atoms with E-state index >= 15 is 0 Å². The monoisotopic (exact) mass is 914 g/mol. The lowest BCUT2D eigenvalue weighted by Gasteiger charge is -2.21. The Balaban J connectivity index is 1.19. The minimum Gasteiger partial charge on any atom is -0.456 e. The summed E-state index contributed by atoms with van der Waals surface area (Å²) in [7, 11) is -2.10. The predicted molar refractivity (Wildman–Crippen MR) is 206 cm³/mol. The molecule has 0 radical (unpaired) electrons. The van der Waals surface area contributed by atoms with E-state index in [1.165, 1.54) is 63.3 Å². The van der Waals surface area contributed by atoms with Crippen LogP contribution in [-0.2, 0) is 0 Å². The Bertz CT molecular complexity index is 2320. The van der Waals surface area contributed by atoms with Crippen molar-refractivity contribution in [3.63, 3.8) is 0 Å². The molecule has 6 aromatic rings. The molecule has 0 spiro atoms. The summed E-state index contributed by atoms with van der Waals surface area (Å²) in [6, 6.07) is 6.73. The average molecular weight is 919 g/mol. The zero-order valence-electron chi connectivity index (χ0n) is 22.3. The van der Waals surface area contributed by atoms with Crippen molar-refractivity contribution >= 4 is 191 Å². The molecule has 1 aromatic carbocycles. The van der Waals surface area contributed by atoms with Gasteiger partial charge in [0.15, 0.2) is 5.58 Å². The van der Waals surface area contributed by atoms with Gasteiger partial charge in [-0.1, -0.05) is 35.1 Å². The zero-order chi connectivity index (χ0) is 29.0. The summed E-state index contributed by atoms with van der Waals surface area (Å²) < 4.78 is 21.8. The summed E-state index contributed by atoms with van der Waals surface area (Å²) in [5.74, 6) is 0.984.